The number of nitrogens with zero attached hydrogens (tertiary/aromatic N) is 1. The number of anilines is 2. The fraction of sp³-hybridized carbons (Fsp3) is 0.0833. The highest BCUT2D eigenvalue weighted by molar-refractivity contribution is 8.01. The number of nitrogens with one attached hydrogen (secondary N) is 2. The van der Waals surface area contributed by atoms with E-state index in [4.69, 9.17) is 4.74 Å². The van der Waals surface area contributed by atoms with E-state index in [2.05, 4.69) is 15.6 Å². The normalized spacial score (nSPS) is 10.6. The minimum Gasteiger partial charge on any atom is -0.497 e. The number of benzene rings is 3. The topological polar surface area (TPSA) is 118 Å². The number of amides is 2. The number of methoxy groups -OCH3 is 1. The molecule has 3 N–H and O–H groups in total. The van der Waals surface area contributed by atoms with E-state index < -0.39 is 11.9 Å². The van der Waals surface area contributed by atoms with Gasteiger partial charge in [0.25, 0.3) is 5.91 Å². The second-order valence-electron chi connectivity index (χ2n) is 7.04. The maximum absolute atomic E-state index is 12.6. The van der Waals surface area contributed by atoms with Crippen LogP contribution in [0.3, 0.4) is 0 Å². The molecular weight excluding hydrogens is 474 g/mol. The number of aromatic nitrogens is 1. The maximum Gasteiger partial charge on any atom is 0.336 e. The van der Waals surface area contributed by atoms with Crippen molar-refractivity contribution in [2.24, 2.45) is 0 Å². The first kappa shape index (κ1) is 23.3. The van der Waals surface area contributed by atoms with Crippen LogP contribution in [0, 0.1) is 0 Å². The van der Waals surface area contributed by atoms with Crippen LogP contribution in [-0.4, -0.2) is 40.7 Å². The summed E-state index contributed by atoms with van der Waals surface area (Å²) in [5.74, 6) is -0.993. The minimum atomic E-state index is -1.17. The molecule has 0 aliphatic rings. The molecule has 0 aliphatic heterocycles. The summed E-state index contributed by atoms with van der Waals surface area (Å²) in [5.41, 5.74) is 1.93. The fourth-order valence-corrected chi connectivity index (χ4v) is 5.04. The van der Waals surface area contributed by atoms with Gasteiger partial charge in [0, 0.05) is 17.4 Å². The van der Waals surface area contributed by atoms with Crippen molar-refractivity contribution in [3.63, 3.8) is 0 Å². The van der Waals surface area contributed by atoms with Crippen LogP contribution in [0.4, 0.5) is 11.4 Å². The van der Waals surface area contributed by atoms with Crippen LogP contribution >= 0.6 is 23.1 Å². The lowest BCUT2D eigenvalue weighted by Crippen LogP contribution is -2.16. The Labute approximate surface area is 203 Å². The molecule has 10 heteroatoms. The molecule has 0 spiro atoms. The van der Waals surface area contributed by atoms with Gasteiger partial charge in [0.05, 0.1) is 34.2 Å². The molecule has 0 fully saturated rings. The van der Waals surface area contributed by atoms with E-state index in [0.717, 1.165) is 14.6 Å². The molecule has 3 aromatic carbocycles. The average Bonchev–Trinajstić information content (AvgIpc) is 3.25. The largest absolute Gasteiger partial charge is 0.497 e. The van der Waals surface area contributed by atoms with Gasteiger partial charge in [0.15, 0.2) is 4.34 Å². The zero-order valence-electron chi connectivity index (χ0n) is 17.9. The number of aromatic carboxylic acids is 1. The lowest BCUT2D eigenvalue weighted by Gasteiger charge is -2.07. The SMILES string of the molecule is COc1cccc(NC(=O)CSc2nc3ccc(NC(=O)c4ccccc4C(=O)O)cc3s2)c1. The van der Waals surface area contributed by atoms with Gasteiger partial charge in [-0.15, -0.1) is 11.3 Å². The van der Waals surface area contributed by atoms with Gasteiger partial charge in [-0.2, -0.15) is 0 Å². The second-order valence-corrected chi connectivity index (χ2v) is 9.29. The molecule has 2 amide bonds. The molecule has 0 saturated heterocycles. The summed E-state index contributed by atoms with van der Waals surface area (Å²) < 4.78 is 6.71. The Morgan fingerprint density at radius 1 is 0.971 bits per heavy atom. The molecule has 4 aromatic rings. The van der Waals surface area contributed by atoms with E-state index in [-0.39, 0.29) is 22.8 Å². The predicted molar refractivity (Wildman–Crippen MR) is 133 cm³/mol. The third-order valence-electron chi connectivity index (χ3n) is 4.71. The van der Waals surface area contributed by atoms with Crippen LogP contribution in [0.2, 0.25) is 0 Å². The van der Waals surface area contributed by atoms with Crippen molar-refractivity contribution in [1.29, 1.82) is 0 Å². The zero-order chi connectivity index (χ0) is 24.1. The molecule has 0 radical (unpaired) electrons. The number of ether oxygens (including phenoxy) is 1. The van der Waals surface area contributed by atoms with Crippen LogP contribution in [0.25, 0.3) is 10.2 Å². The van der Waals surface area contributed by atoms with Crippen molar-refractivity contribution in [2.75, 3.05) is 23.5 Å². The summed E-state index contributed by atoms with van der Waals surface area (Å²) in [7, 11) is 1.57. The average molecular weight is 494 g/mol. The fourth-order valence-electron chi connectivity index (χ4n) is 3.13. The molecule has 0 saturated carbocycles. The summed E-state index contributed by atoms with van der Waals surface area (Å²) in [4.78, 5) is 40.8. The molecule has 8 nitrogen and oxygen atoms in total. The number of thiazole rings is 1. The highest BCUT2D eigenvalue weighted by Gasteiger charge is 2.16. The van der Waals surface area contributed by atoms with Gasteiger partial charge in [-0.1, -0.05) is 30.0 Å². The third kappa shape index (κ3) is 5.53. The number of fused-ring (bicyclic) bond motifs is 1. The molecule has 0 bridgehead atoms. The Bertz CT molecular complexity index is 1390. The number of carboxylic acids is 1. The molecule has 4 rings (SSSR count). The molecule has 1 aromatic heterocycles. The first-order chi connectivity index (χ1) is 16.4. The van der Waals surface area contributed by atoms with Gasteiger partial charge in [-0.3, -0.25) is 9.59 Å². The monoisotopic (exact) mass is 493 g/mol. The van der Waals surface area contributed by atoms with Crippen LogP contribution in [0.1, 0.15) is 20.7 Å². The zero-order valence-corrected chi connectivity index (χ0v) is 19.5. The summed E-state index contributed by atoms with van der Waals surface area (Å²) >= 11 is 2.72. The van der Waals surface area contributed by atoms with E-state index in [1.165, 1.54) is 35.2 Å². The number of carbonyl (C=O) groups excluding carboxylic acids is 2. The summed E-state index contributed by atoms with van der Waals surface area (Å²) in [6.45, 7) is 0. The van der Waals surface area contributed by atoms with Crippen molar-refractivity contribution in [1.82, 2.24) is 4.98 Å². The number of carbonyl (C=O) groups is 3. The minimum absolute atomic E-state index is 0.0650. The van der Waals surface area contributed by atoms with Crippen molar-refractivity contribution in [3.05, 3.63) is 77.9 Å². The Kier molecular flexibility index (Phi) is 7.09. The summed E-state index contributed by atoms with van der Waals surface area (Å²) in [5, 5.41) is 14.9. The van der Waals surface area contributed by atoms with E-state index >= 15 is 0 Å². The molecule has 0 unspecified atom stereocenters. The Morgan fingerprint density at radius 3 is 2.50 bits per heavy atom. The van der Waals surface area contributed by atoms with Crippen LogP contribution in [0.5, 0.6) is 5.75 Å². The number of hydrogen-bond donors (Lipinski definition) is 3. The van der Waals surface area contributed by atoms with E-state index in [9.17, 15) is 19.5 Å². The van der Waals surface area contributed by atoms with Gasteiger partial charge in [-0.05, 0) is 42.5 Å². The number of rotatable bonds is 8. The van der Waals surface area contributed by atoms with Gasteiger partial charge in [-0.25, -0.2) is 9.78 Å². The van der Waals surface area contributed by atoms with Gasteiger partial charge < -0.3 is 20.5 Å². The van der Waals surface area contributed by atoms with Gasteiger partial charge in [0.2, 0.25) is 5.91 Å². The van der Waals surface area contributed by atoms with E-state index in [1.807, 2.05) is 0 Å². The first-order valence-electron chi connectivity index (χ1n) is 10.0. The molecule has 1 heterocycles. The third-order valence-corrected chi connectivity index (χ3v) is 6.87. The van der Waals surface area contributed by atoms with Crippen molar-refractivity contribution < 1.29 is 24.2 Å². The molecule has 172 valence electrons. The maximum atomic E-state index is 12.6. The first-order valence-corrected chi connectivity index (χ1v) is 11.8. The van der Waals surface area contributed by atoms with Crippen LogP contribution in [0.15, 0.2) is 71.1 Å². The van der Waals surface area contributed by atoms with E-state index in [1.54, 1.807) is 61.7 Å². The highest BCUT2D eigenvalue weighted by atomic mass is 32.2. The molecule has 0 atom stereocenters. The highest BCUT2D eigenvalue weighted by Crippen LogP contribution is 2.31. The Morgan fingerprint density at radius 2 is 1.74 bits per heavy atom. The quantitative estimate of drug-likeness (QED) is 0.296. The summed E-state index contributed by atoms with van der Waals surface area (Å²) in [6.07, 6.45) is 0. The van der Waals surface area contributed by atoms with Gasteiger partial charge >= 0.3 is 5.97 Å². The van der Waals surface area contributed by atoms with Crippen LogP contribution in [-0.2, 0) is 4.79 Å². The van der Waals surface area contributed by atoms with Crippen molar-refractivity contribution in [2.45, 2.75) is 4.34 Å². The molecule has 0 aliphatic carbocycles. The molecule has 34 heavy (non-hydrogen) atoms. The van der Waals surface area contributed by atoms with Crippen molar-refractivity contribution >= 4 is 62.5 Å². The predicted octanol–water partition coefficient (Wildman–Crippen LogP) is 4.99. The van der Waals surface area contributed by atoms with Crippen molar-refractivity contribution in [3.8, 4) is 5.75 Å². The smallest absolute Gasteiger partial charge is 0.336 e. The Hall–Kier alpha value is -3.89. The lowest BCUT2D eigenvalue weighted by atomic mass is 10.1. The lowest BCUT2D eigenvalue weighted by molar-refractivity contribution is -0.113. The molecular formula is C24H19N3O5S2. The second kappa shape index (κ2) is 10.4. The summed E-state index contributed by atoms with van der Waals surface area (Å²) in [6, 6.07) is 18.4. The van der Waals surface area contributed by atoms with E-state index in [0.29, 0.717) is 17.1 Å². The Balaban J connectivity index is 1.40. The standard InChI is InChI=1S/C24H19N3O5S2/c1-32-16-6-4-5-14(11-16)25-21(28)13-33-24-27-19-10-9-15(12-20(19)34-24)26-22(29)17-7-2-3-8-18(17)23(30)31/h2-12H,13H2,1H3,(H,25,28)(H,26,29)(H,30,31). The number of carboxylic acid groups (broad SMARTS) is 1. The van der Waals surface area contributed by atoms with Gasteiger partial charge in [0.1, 0.15) is 5.75 Å². The number of thioether (sulfide) groups is 1. The number of hydrogen-bond acceptors (Lipinski definition) is 7. The van der Waals surface area contributed by atoms with Crippen LogP contribution < -0.4 is 15.4 Å².